The number of aromatic nitrogens is 1. The standard InChI is InChI=1S/C24H23N3O6S2/c28-35(29,23-8-7-22(34-23)19-9-10-26-33-19)27-18-4-1-3-17(15-18)16-25-11-12-30-20-5-2-6-21-24(20)32-14-13-31-21/h1-10,15,25,27H,11-14,16H2. The van der Waals surface area contributed by atoms with Crippen molar-refractivity contribution in [1.82, 2.24) is 10.5 Å². The van der Waals surface area contributed by atoms with Crippen molar-refractivity contribution in [2.75, 3.05) is 31.1 Å². The van der Waals surface area contributed by atoms with E-state index < -0.39 is 10.0 Å². The van der Waals surface area contributed by atoms with E-state index in [1.807, 2.05) is 30.3 Å². The molecule has 0 radical (unpaired) electrons. The van der Waals surface area contributed by atoms with Gasteiger partial charge in [0.1, 0.15) is 24.0 Å². The van der Waals surface area contributed by atoms with E-state index in [4.69, 9.17) is 18.7 Å². The summed E-state index contributed by atoms with van der Waals surface area (Å²) in [6.45, 7) is 2.63. The molecule has 0 spiro atoms. The van der Waals surface area contributed by atoms with Crippen molar-refractivity contribution in [3.63, 3.8) is 0 Å². The van der Waals surface area contributed by atoms with Gasteiger partial charge in [0.2, 0.25) is 5.75 Å². The molecule has 2 aromatic carbocycles. The predicted octanol–water partition coefficient (Wildman–Crippen LogP) is 4.14. The minimum atomic E-state index is -3.72. The van der Waals surface area contributed by atoms with Crippen LogP contribution in [0, 0.1) is 0 Å². The van der Waals surface area contributed by atoms with Crippen molar-refractivity contribution in [3.8, 4) is 27.9 Å². The van der Waals surface area contributed by atoms with Crippen molar-refractivity contribution in [1.29, 1.82) is 0 Å². The molecular weight excluding hydrogens is 490 g/mol. The van der Waals surface area contributed by atoms with Gasteiger partial charge in [0, 0.05) is 24.8 Å². The molecule has 0 aliphatic carbocycles. The third kappa shape index (κ3) is 5.59. The van der Waals surface area contributed by atoms with E-state index in [2.05, 4.69) is 15.2 Å². The average molecular weight is 514 g/mol. The number of hydrogen-bond donors (Lipinski definition) is 2. The van der Waals surface area contributed by atoms with Gasteiger partial charge in [-0.3, -0.25) is 4.72 Å². The van der Waals surface area contributed by atoms with Gasteiger partial charge in [0.25, 0.3) is 10.0 Å². The molecule has 5 rings (SSSR count). The van der Waals surface area contributed by atoms with Gasteiger partial charge >= 0.3 is 0 Å². The lowest BCUT2D eigenvalue weighted by molar-refractivity contribution is 0.162. The maximum absolute atomic E-state index is 12.8. The number of anilines is 1. The maximum atomic E-state index is 12.8. The quantitative estimate of drug-likeness (QED) is 0.304. The van der Waals surface area contributed by atoms with Crippen LogP contribution >= 0.6 is 11.3 Å². The van der Waals surface area contributed by atoms with Crippen molar-refractivity contribution < 1.29 is 27.2 Å². The fourth-order valence-electron chi connectivity index (χ4n) is 3.52. The van der Waals surface area contributed by atoms with E-state index in [1.54, 1.807) is 30.3 Å². The number of fused-ring (bicyclic) bond motifs is 1. The van der Waals surface area contributed by atoms with Gasteiger partial charge in [-0.25, -0.2) is 8.42 Å². The molecule has 0 fully saturated rings. The minimum absolute atomic E-state index is 0.196. The molecule has 0 saturated heterocycles. The lowest BCUT2D eigenvalue weighted by Gasteiger charge is -2.20. The zero-order valence-corrected chi connectivity index (χ0v) is 20.2. The number of thiophene rings is 1. The van der Waals surface area contributed by atoms with Crippen LogP contribution < -0.4 is 24.2 Å². The molecule has 0 amide bonds. The highest BCUT2D eigenvalue weighted by Crippen LogP contribution is 2.38. The summed E-state index contributed by atoms with van der Waals surface area (Å²) in [5, 5.41) is 6.96. The van der Waals surface area contributed by atoms with Crippen LogP contribution in [-0.2, 0) is 16.6 Å². The summed E-state index contributed by atoms with van der Waals surface area (Å²) in [4.78, 5) is 0.693. The fraction of sp³-hybridized carbons (Fsp3) is 0.208. The molecule has 182 valence electrons. The Morgan fingerprint density at radius 3 is 2.80 bits per heavy atom. The molecule has 0 bridgehead atoms. The lowest BCUT2D eigenvalue weighted by Crippen LogP contribution is -2.21. The Hall–Kier alpha value is -3.54. The SMILES string of the molecule is O=S(=O)(Nc1cccc(CNCCOc2cccc3c2OCCO3)c1)c1ccc(-c2ccno2)s1. The van der Waals surface area contributed by atoms with Crippen LogP contribution in [0.5, 0.6) is 17.2 Å². The normalized spacial score (nSPS) is 12.9. The zero-order chi connectivity index (χ0) is 24.1. The number of hydrogen-bond acceptors (Lipinski definition) is 9. The third-order valence-electron chi connectivity index (χ3n) is 5.10. The molecular formula is C24H23N3O6S2. The van der Waals surface area contributed by atoms with Crippen LogP contribution in [0.15, 0.2) is 75.6 Å². The van der Waals surface area contributed by atoms with Crippen molar-refractivity contribution >= 4 is 27.0 Å². The van der Waals surface area contributed by atoms with Gasteiger partial charge in [-0.2, -0.15) is 0 Å². The molecule has 2 aromatic heterocycles. The van der Waals surface area contributed by atoms with Gasteiger partial charge in [-0.1, -0.05) is 23.4 Å². The molecule has 11 heteroatoms. The molecule has 1 aliphatic rings. The molecule has 9 nitrogen and oxygen atoms in total. The number of benzene rings is 2. The number of rotatable bonds is 10. The Morgan fingerprint density at radius 2 is 1.91 bits per heavy atom. The van der Waals surface area contributed by atoms with Crippen molar-refractivity contribution in [2.24, 2.45) is 0 Å². The lowest BCUT2D eigenvalue weighted by atomic mass is 10.2. The van der Waals surface area contributed by atoms with Crippen molar-refractivity contribution in [2.45, 2.75) is 10.8 Å². The van der Waals surface area contributed by atoms with Gasteiger partial charge in [0.05, 0.1) is 11.1 Å². The largest absolute Gasteiger partial charge is 0.488 e. The Balaban J connectivity index is 1.13. The van der Waals surface area contributed by atoms with E-state index in [0.717, 1.165) is 16.9 Å². The molecule has 35 heavy (non-hydrogen) atoms. The van der Waals surface area contributed by atoms with Crippen LogP contribution in [0.4, 0.5) is 5.69 Å². The minimum Gasteiger partial charge on any atom is -0.488 e. The number of nitrogens with one attached hydrogen (secondary N) is 2. The van der Waals surface area contributed by atoms with Crippen LogP contribution in [0.25, 0.3) is 10.6 Å². The van der Waals surface area contributed by atoms with Gasteiger partial charge in [0.15, 0.2) is 17.3 Å². The molecule has 4 aromatic rings. The molecule has 0 atom stereocenters. The van der Waals surface area contributed by atoms with Crippen LogP contribution in [0.3, 0.4) is 0 Å². The van der Waals surface area contributed by atoms with Gasteiger partial charge < -0.3 is 24.1 Å². The number of ether oxygens (including phenoxy) is 3. The Bertz CT molecular complexity index is 1390. The predicted molar refractivity (Wildman–Crippen MR) is 132 cm³/mol. The molecule has 3 heterocycles. The van der Waals surface area contributed by atoms with E-state index >= 15 is 0 Å². The maximum Gasteiger partial charge on any atom is 0.271 e. The summed E-state index contributed by atoms with van der Waals surface area (Å²) in [6.07, 6.45) is 1.52. The second-order valence-corrected chi connectivity index (χ2v) is 10.6. The monoisotopic (exact) mass is 513 g/mol. The summed E-state index contributed by atoms with van der Waals surface area (Å²) >= 11 is 1.12. The number of nitrogens with zero attached hydrogens (tertiary/aromatic N) is 1. The van der Waals surface area contributed by atoms with E-state index in [-0.39, 0.29) is 4.21 Å². The van der Waals surface area contributed by atoms with Crippen molar-refractivity contribution in [3.05, 3.63) is 72.4 Å². The van der Waals surface area contributed by atoms with Gasteiger partial charge in [-0.15, -0.1) is 11.3 Å². The smallest absolute Gasteiger partial charge is 0.271 e. The summed E-state index contributed by atoms with van der Waals surface area (Å²) < 4.78 is 50.7. The topological polar surface area (TPSA) is 112 Å². The first kappa shape index (κ1) is 23.2. The number of para-hydroxylation sites is 1. The third-order valence-corrected chi connectivity index (χ3v) is 8.07. The summed E-state index contributed by atoms with van der Waals surface area (Å²) in [5.41, 5.74) is 1.43. The molecule has 2 N–H and O–H groups in total. The highest BCUT2D eigenvalue weighted by atomic mass is 32.2. The zero-order valence-electron chi connectivity index (χ0n) is 18.6. The van der Waals surface area contributed by atoms with Crippen LogP contribution in [0.2, 0.25) is 0 Å². The highest BCUT2D eigenvalue weighted by molar-refractivity contribution is 7.94. The summed E-state index contributed by atoms with van der Waals surface area (Å²) in [7, 11) is -3.72. The fourth-order valence-corrected chi connectivity index (χ4v) is 5.83. The Kier molecular flexibility index (Phi) is 6.89. The van der Waals surface area contributed by atoms with Gasteiger partial charge in [-0.05, 0) is 42.0 Å². The second-order valence-electron chi connectivity index (χ2n) is 7.61. The first-order valence-electron chi connectivity index (χ1n) is 10.9. The summed E-state index contributed by atoms with van der Waals surface area (Å²) in [5.74, 6) is 2.51. The van der Waals surface area contributed by atoms with E-state index in [1.165, 1.54) is 6.20 Å². The average Bonchev–Trinajstić information content (AvgIpc) is 3.57. The molecule has 0 saturated carbocycles. The first-order chi connectivity index (χ1) is 17.1. The summed E-state index contributed by atoms with van der Waals surface area (Å²) in [6, 6.07) is 17.8. The van der Waals surface area contributed by atoms with Crippen LogP contribution in [0.1, 0.15) is 5.56 Å². The number of sulfonamides is 1. The highest BCUT2D eigenvalue weighted by Gasteiger charge is 2.19. The van der Waals surface area contributed by atoms with E-state index in [9.17, 15) is 8.42 Å². The second kappa shape index (κ2) is 10.4. The Morgan fingerprint density at radius 1 is 1.03 bits per heavy atom. The first-order valence-corrected chi connectivity index (χ1v) is 13.2. The molecule has 0 unspecified atom stereocenters. The van der Waals surface area contributed by atoms with E-state index in [0.29, 0.717) is 66.5 Å². The Labute approximate surface area is 206 Å². The molecule has 1 aliphatic heterocycles. The van der Waals surface area contributed by atoms with Crippen LogP contribution in [-0.4, -0.2) is 39.9 Å².